The van der Waals surface area contributed by atoms with Crippen molar-refractivity contribution in [3.05, 3.63) is 59.9 Å². The summed E-state index contributed by atoms with van der Waals surface area (Å²) in [6.45, 7) is 6.58. The molecule has 3 rings (SSSR count). The van der Waals surface area contributed by atoms with Crippen LogP contribution in [0.1, 0.15) is 32.8 Å². The monoisotopic (exact) mass is 386 g/mol. The highest BCUT2D eigenvalue weighted by molar-refractivity contribution is 5.99. The van der Waals surface area contributed by atoms with Crippen molar-refractivity contribution >= 4 is 11.6 Å². The smallest absolute Gasteiger partial charge is 0.245 e. The molecule has 150 valence electrons. The number of benzene rings is 2. The van der Waals surface area contributed by atoms with Crippen molar-refractivity contribution in [2.24, 2.45) is 11.1 Å². The molecular formula is C22H27FN2O3. The lowest BCUT2D eigenvalue weighted by Crippen LogP contribution is -2.74. The molecule has 6 heteroatoms. The zero-order valence-electron chi connectivity index (χ0n) is 16.5. The number of halogens is 1. The largest absolute Gasteiger partial charge is 0.489 e. The van der Waals surface area contributed by atoms with Crippen molar-refractivity contribution in [1.29, 1.82) is 0 Å². The summed E-state index contributed by atoms with van der Waals surface area (Å²) in [5, 5.41) is 2.88. The van der Waals surface area contributed by atoms with Crippen molar-refractivity contribution in [1.82, 2.24) is 0 Å². The van der Waals surface area contributed by atoms with Gasteiger partial charge in [-0.25, -0.2) is 4.39 Å². The highest BCUT2D eigenvalue weighted by atomic mass is 19.1. The summed E-state index contributed by atoms with van der Waals surface area (Å²) in [4.78, 5) is 12.8. The van der Waals surface area contributed by atoms with E-state index >= 15 is 0 Å². The second-order valence-electron chi connectivity index (χ2n) is 7.70. The Hall–Kier alpha value is -2.44. The number of amides is 1. The first-order chi connectivity index (χ1) is 13.3. The van der Waals surface area contributed by atoms with Gasteiger partial charge in [-0.05, 0) is 37.3 Å². The second-order valence-corrected chi connectivity index (χ2v) is 7.70. The Balaban J connectivity index is 1.58. The predicted octanol–water partition coefficient (Wildman–Crippen LogP) is 3.88. The second kappa shape index (κ2) is 7.89. The Kier molecular flexibility index (Phi) is 5.72. The number of anilines is 1. The summed E-state index contributed by atoms with van der Waals surface area (Å²) >= 11 is 0. The van der Waals surface area contributed by atoms with Gasteiger partial charge in [0.2, 0.25) is 5.91 Å². The van der Waals surface area contributed by atoms with Gasteiger partial charge in [0, 0.05) is 29.7 Å². The fourth-order valence-electron chi connectivity index (χ4n) is 3.47. The maximum Gasteiger partial charge on any atom is 0.245 e. The van der Waals surface area contributed by atoms with Gasteiger partial charge in [0.25, 0.3) is 0 Å². The molecule has 2 unspecified atom stereocenters. The Bertz CT molecular complexity index is 838. The average Bonchev–Trinajstić information content (AvgIpc) is 2.68. The fourth-order valence-corrected chi connectivity index (χ4v) is 3.47. The number of hydrogen-bond acceptors (Lipinski definition) is 4. The lowest BCUT2D eigenvalue weighted by Gasteiger charge is -2.57. The van der Waals surface area contributed by atoms with Crippen LogP contribution in [0.15, 0.2) is 48.5 Å². The number of carbonyl (C=O) groups excluding carboxylic acids is 1. The number of nitrogens with two attached hydrogens (primary N) is 1. The van der Waals surface area contributed by atoms with E-state index in [4.69, 9.17) is 15.2 Å². The molecule has 28 heavy (non-hydrogen) atoms. The molecule has 3 N–H and O–H groups in total. The number of nitrogens with one attached hydrogen (secondary N) is 1. The van der Waals surface area contributed by atoms with Crippen LogP contribution in [0.5, 0.6) is 5.75 Å². The highest BCUT2D eigenvalue weighted by Crippen LogP contribution is 2.50. The Morgan fingerprint density at radius 1 is 1.21 bits per heavy atom. The van der Waals surface area contributed by atoms with Crippen molar-refractivity contribution in [2.45, 2.75) is 45.4 Å². The van der Waals surface area contributed by atoms with Crippen molar-refractivity contribution in [3.63, 3.8) is 0 Å². The van der Waals surface area contributed by atoms with Gasteiger partial charge in [0.05, 0.1) is 6.10 Å². The topological polar surface area (TPSA) is 73.6 Å². The third-order valence-electron chi connectivity index (χ3n) is 5.70. The van der Waals surface area contributed by atoms with E-state index < -0.39 is 11.0 Å². The minimum atomic E-state index is -0.979. The van der Waals surface area contributed by atoms with E-state index in [-0.39, 0.29) is 24.4 Å². The summed E-state index contributed by atoms with van der Waals surface area (Å²) in [5.41, 5.74) is 6.08. The number of carbonyl (C=O) groups is 1. The van der Waals surface area contributed by atoms with E-state index in [2.05, 4.69) is 5.32 Å². The first kappa shape index (κ1) is 20.3. The molecule has 0 radical (unpaired) electrons. The van der Waals surface area contributed by atoms with Crippen LogP contribution >= 0.6 is 0 Å². The summed E-state index contributed by atoms with van der Waals surface area (Å²) in [7, 11) is 0. The van der Waals surface area contributed by atoms with Crippen LogP contribution in [0, 0.1) is 11.2 Å². The van der Waals surface area contributed by atoms with Crippen molar-refractivity contribution in [2.75, 3.05) is 11.9 Å². The predicted molar refractivity (Wildman–Crippen MR) is 107 cm³/mol. The molecule has 2 aromatic carbocycles. The summed E-state index contributed by atoms with van der Waals surface area (Å²) in [5.74, 6) is 0.0608. The fraction of sp³-hybridized carbons (Fsp3) is 0.409. The van der Waals surface area contributed by atoms with Crippen LogP contribution in [0.2, 0.25) is 0 Å². The van der Waals surface area contributed by atoms with Crippen LogP contribution in [-0.4, -0.2) is 24.2 Å². The van der Waals surface area contributed by atoms with Gasteiger partial charge in [-0.15, -0.1) is 0 Å². The Labute approximate surface area is 165 Å². The lowest BCUT2D eigenvalue weighted by molar-refractivity contribution is -0.166. The van der Waals surface area contributed by atoms with E-state index in [1.807, 2.05) is 20.8 Å². The maximum absolute atomic E-state index is 13.6. The van der Waals surface area contributed by atoms with E-state index in [0.717, 1.165) is 0 Å². The third-order valence-corrected chi connectivity index (χ3v) is 5.70. The van der Waals surface area contributed by atoms with E-state index in [9.17, 15) is 9.18 Å². The first-order valence-electron chi connectivity index (χ1n) is 9.46. The van der Waals surface area contributed by atoms with Gasteiger partial charge in [-0.2, -0.15) is 0 Å². The maximum atomic E-state index is 13.6. The van der Waals surface area contributed by atoms with Crippen molar-refractivity contribution < 1.29 is 18.7 Å². The molecule has 0 saturated heterocycles. The minimum Gasteiger partial charge on any atom is -0.489 e. The van der Waals surface area contributed by atoms with E-state index in [0.29, 0.717) is 30.0 Å². The molecule has 0 aromatic heterocycles. The Morgan fingerprint density at radius 2 is 1.89 bits per heavy atom. The molecule has 5 nitrogen and oxygen atoms in total. The minimum absolute atomic E-state index is 0.0255. The Morgan fingerprint density at radius 3 is 2.50 bits per heavy atom. The molecule has 2 atom stereocenters. The molecule has 1 aliphatic rings. The molecule has 2 aromatic rings. The van der Waals surface area contributed by atoms with Gasteiger partial charge >= 0.3 is 0 Å². The van der Waals surface area contributed by atoms with Gasteiger partial charge in [-0.1, -0.05) is 32.0 Å². The summed E-state index contributed by atoms with van der Waals surface area (Å²) in [6.07, 6.45) is 0.464. The molecule has 0 spiro atoms. The van der Waals surface area contributed by atoms with Gasteiger partial charge in [-0.3, -0.25) is 4.79 Å². The first-order valence-corrected chi connectivity index (χ1v) is 9.46. The molecule has 1 fully saturated rings. The quantitative estimate of drug-likeness (QED) is 0.757. The van der Waals surface area contributed by atoms with Crippen LogP contribution in [-0.2, 0) is 16.1 Å². The third kappa shape index (κ3) is 3.75. The van der Waals surface area contributed by atoms with Crippen LogP contribution in [0.3, 0.4) is 0 Å². The SMILES string of the molecule is CCOC1CC(N)(C(=O)Nc2ccc(OCc3ccccc3F)cc2)C1(C)C. The molecule has 0 bridgehead atoms. The highest BCUT2D eigenvalue weighted by Gasteiger charge is 2.62. The number of rotatable bonds is 7. The van der Waals surface area contributed by atoms with Crippen LogP contribution < -0.4 is 15.8 Å². The van der Waals surface area contributed by atoms with E-state index in [1.165, 1.54) is 6.07 Å². The normalized spacial score (nSPS) is 23.0. The van der Waals surface area contributed by atoms with Crippen LogP contribution in [0.4, 0.5) is 10.1 Å². The molecule has 0 aliphatic heterocycles. The number of ether oxygens (including phenoxy) is 2. The molecule has 1 aliphatic carbocycles. The zero-order chi connectivity index (χ0) is 20.4. The molecule has 1 saturated carbocycles. The summed E-state index contributed by atoms with van der Waals surface area (Å²) in [6, 6.07) is 13.4. The summed E-state index contributed by atoms with van der Waals surface area (Å²) < 4.78 is 24.9. The molecular weight excluding hydrogens is 359 g/mol. The van der Waals surface area contributed by atoms with Gasteiger partial charge in [0.1, 0.15) is 23.7 Å². The molecule has 1 amide bonds. The standard InChI is InChI=1S/C22H27FN2O3/c1-4-27-19-13-22(24,21(19,2)3)20(26)25-16-9-11-17(12-10-16)28-14-15-7-5-6-8-18(15)23/h5-12,19H,4,13-14,24H2,1-3H3,(H,25,26). The number of hydrogen-bond donors (Lipinski definition) is 2. The average molecular weight is 386 g/mol. The van der Waals surface area contributed by atoms with Gasteiger partial charge < -0.3 is 20.5 Å². The zero-order valence-corrected chi connectivity index (χ0v) is 16.5. The van der Waals surface area contributed by atoms with Crippen LogP contribution in [0.25, 0.3) is 0 Å². The van der Waals surface area contributed by atoms with E-state index in [1.54, 1.807) is 42.5 Å². The van der Waals surface area contributed by atoms with Gasteiger partial charge in [0.15, 0.2) is 0 Å². The lowest BCUT2D eigenvalue weighted by atomic mass is 9.54. The molecule has 0 heterocycles. The van der Waals surface area contributed by atoms with Crippen molar-refractivity contribution in [3.8, 4) is 5.75 Å².